The molecule has 1 aromatic carbocycles. The highest BCUT2D eigenvalue weighted by atomic mass is 35.5. The molecule has 1 atom stereocenters. The minimum Gasteiger partial charge on any atom is -0.391 e. The van der Waals surface area contributed by atoms with E-state index in [9.17, 15) is 19.6 Å². The number of aliphatic hydroxyl groups excluding tert-OH is 1. The number of hydrogen-bond donors (Lipinski definition) is 2. The Hall–Kier alpha value is -1.40. The number of halogens is 2. The lowest BCUT2D eigenvalue weighted by Crippen LogP contribution is -2.25. The van der Waals surface area contributed by atoms with Gasteiger partial charge in [0.25, 0.3) is 5.69 Å². The molecule has 0 heterocycles. The van der Waals surface area contributed by atoms with E-state index in [2.05, 4.69) is 5.32 Å². The van der Waals surface area contributed by atoms with Crippen LogP contribution in [0.15, 0.2) is 12.1 Å². The predicted molar refractivity (Wildman–Crippen MR) is 76.6 cm³/mol. The third-order valence-corrected chi connectivity index (χ3v) is 2.90. The SMILES string of the molecule is CC(C)(C)CC(O)CNc1cc(Cl)c(F)cc1[N+](=O)[O-]. The lowest BCUT2D eigenvalue weighted by molar-refractivity contribution is -0.384. The Morgan fingerprint density at radius 1 is 1.50 bits per heavy atom. The zero-order valence-electron chi connectivity index (χ0n) is 11.6. The molecule has 0 saturated carbocycles. The van der Waals surface area contributed by atoms with Gasteiger partial charge in [-0.05, 0) is 17.9 Å². The first-order valence-electron chi connectivity index (χ1n) is 6.15. The van der Waals surface area contributed by atoms with Crippen LogP contribution in [0.4, 0.5) is 15.8 Å². The van der Waals surface area contributed by atoms with Crippen LogP contribution in [0.1, 0.15) is 27.2 Å². The molecule has 0 amide bonds. The summed E-state index contributed by atoms with van der Waals surface area (Å²) in [6, 6.07) is 1.92. The Morgan fingerprint density at radius 3 is 2.60 bits per heavy atom. The first-order valence-corrected chi connectivity index (χ1v) is 6.53. The summed E-state index contributed by atoms with van der Waals surface area (Å²) in [5.74, 6) is -0.848. The van der Waals surface area contributed by atoms with Gasteiger partial charge < -0.3 is 10.4 Å². The van der Waals surface area contributed by atoms with Gasteiger partial charge in [0.2, 0.25) is 0 Å². The first-order chi connectivity index (χ1) is 9.10. The van der Waals surface area contributed by atoms with Crippen LogP contribution in [0.5, 0.6) is 0 Å². The summed E-state index contributed by atoms with van der Waals surface area (Å²) in [4.78, 5) is 10.2. The molecular formula is C13H18ClFN2O3. The lowest BCUT2D eigenvalue weighted by Gasteiger charge is -2.22. The fourth-order valence-corrected chi connectivity index (χ4v) is 2.00. The highest BCUT2D eigenvalue weighted by molar-refractivity contribution is 6.31. The summed E-state index contributed by atoms with van der Waals surface area (Å²) >= 11 is 5.61. The van der Waals surface area contributed by atoms with Crippen LogP contribution in [-0.4, -0.2) is 22.7 Å². The zero-order valence-corrected chi connectivity index (χ0v) is 12.4. The number of nitrogens with zero attached hydrogens (tertiary/aromatic N) is 1. The maximum atomic E-state index is 13.2. The van der Waals surface area contributed by atoms with Crippen molar-refractivity contribution in [2.24, 2.45) is 5.41 Å². The summed E-state index contributed by atoms with van der Waals surface area (Å²) < 4.78 is 13.2. The average molecular weight is 305 g/mol. The van der Waals surface area contributed by atoms with E-state index in [1.165, 1.54) is 0 Å². The summed E-state index contributed by atoms with van der Waals surface area (Å²) in [5.41, 5.74) is -0.378. The van der Waals surface area contributed by atoms with Crippen molar-refractivity contribution < 1.29 is 14.4 Å². The molecule has 1 rings (SSSR count). The van der Waals surface area contributed by atoms with Gasteiger partial charge in [-0.15, -0.1) is 0 Å². The molecule has 1 unspecified atom stereocenters. The van der Waals surface area contributed by atoms with Crippen molar-refractivity contribution in [3.05, 3.63) is 33.1 Å². The number of benzene rings is 1. The summed E-state index contributed by atoms with van der Waals surface area (Å²) in [6.07, 6.45) is -0.138. The molecule has 0 bridgehead atoms. The molecule has 0 aliphatic heterocycles. The summed E-state index contributed by atoms with van der Waals surface area (Å²) in [6.45, 7) is 6.06. The molecule has 1 aromatic rings. The van der Waals surface area contributed by atoms with Gasteiger partial charge >= 0.3 is 0 Å². The van der Waals surface area contributed by atoms with Crippen LogP contribution < -0.4 is 5.32 Å². The molecule has 0 aliphatic rings. The number of nitrogens with one attached hydrogen (secondary N) is 1. The van der Waals surface area contributed by atoms with Crippen LogP contribution in [0, 0.1) is 21.3 Å². The molecule has 0 fully saturated rings. The molecule has 2 N–H and O–H groups in total. The van der Waals surface area contributed by atoms with E-state index in [-0.39, 0.29) is 22.7 Å². The molecule has 0 aliphatic carbocycles. The van der Waals surface area contributed by atoms with E-state index < -0.39 is 22.5 Å². The normalized spacial score (nSPS) is 13.1. The first kappa shape index (κ1) is 16.7. The third-order valence-electron chi connectivity index (χ3n) is 2.61. The van der Waals surface area contributed by atoms with Crippen molar-refractivity contribution in [2.45, 2.75) is 33.3 Å². The number of hydrogen-bond acceptors (Lipinski definition) is 4. The average Bonchev–Trinajstić information content (AvgIpc) is 2.27. The topological polar surface area (TPSA) is 75.4 Å². The van der Waals surface area contributed by atoms with Crippen LogP contribution in [0.2, 0.25) is 5.02 Å². The van der Waals surface area contributed by atoms with Crippen molar-refractivity contribution >= 4 is 23.0 Å². The highest BCUT2D eigenvalue weighted by Gasteiger charge is 2.20. The second-order valence-corrected chi connectivity index (χ2v) is 6.25. The monoisotopic (exact) mass is 304 g/mol. The third kappa shape index (κ3) is 4.94. The standard InChI is InChI=1S/C13H18ClFN2O3/c1-13(2,3)6-8(18)7-16-11-4-9(14)10(15)5-12(11)17(19)20/h4-5,8,16,18H,6-7H2,1-3H3. The maximum Gasteiger partial charge on any atom is 0.295 e. The van der Waals surface area contributed by atoms with Crippen LogP contribution in [0.25, 0.3) is 0 Å². The van der Waals surface area contributed by atoms with Gasteiger partial charge in [-0.3, -0.25) is 10.1 Å². The Kier molecular flexibility index (Phi) is 5.30. The fourth-order valence-electron chi connectivity index (χ4n) is 1.84. The van der Waals surface area contributed by atoms with E-state index >= 15 is 0 Å². The van der Waals surface area contributed by atoms with Gasteiger partial charge in [0.1, 0.15) is 11.5 Å². The number of rotatable bonds is 5. The number of aliphatic hydroxyl groups is 1. The van der Waals surface area contributed by atoms with Crippen molar-refractivity contribution in [1.82, 2.24) is 0 Å². The van der Waals surface area contributed by atoms with E-state index in [0.29, 0.717) is 6.42 Å². The van der Waals surface area contributed by atoms with Crippen molar-refractivity contribution in [2.75, 3.05) is 11.9 Å². The summed E-state index contributed by atoms with van der Waals surface area (Å²) in [5, 5.41) is 23.2. The predicted octanol–water partition coefficient (Wildman–Crippen LogP) is 3.60. The quantitative estimate of drug-likeness (QED) is 0.644. The minimum atomic E-state index is -0.848. The van der Waals surface area contributed by atoms with E-state index in [4.69, 9.17) is 11.6 Å². The molecule has 0 aromatic heterocycles. The van der Waals surface area contributed by atoms with Crippen molar-refractivity contribution in [3.8, 4) is 0 Å². The molecule has 0 saturated heterocycles. The Morgan fingerprint density at radius 2 is 2.10 bits per heavy atom. The Labute approximate surface area is 121 Å². The molecule has 5 nitrogen and oxygen atoms in total. The second-order valence-electron chi connectivity index (χ2n) is 5.84. The summed E-state index contributed by atoms with van der Waals surface area (Å²) in [7, 11) is 0. The van der Waals surface area contributed by atoms with E-state index in [1.54, 1.807) is 0 Å². The molecule has 7 heteroatoms. The highest BCUT2D eigenvalue weighted by Crippen LogP contribution is 2.30. The molecule has 20 heavy (non-hydrogen) atoms. The van der Waals surface area contributed by atoms with Gasteiger partial charge in [0.15, 0.2) is 0 Å². The zero-order chi connectivity index (χ0) is 15.5. The number of nitro groups is 1. The van der Waals surface area contributed by atoms with Crippen molar-refractivity contribution in [3.63, 3.8) is 0 Å². The molecule has 0 spiro atoms. The van der Waals surface area contributed by atoms with E-state index in [1.807, 2.05) is 20.8 Å². The van der Waals surface area contributed by atoms with Crippen LogP contribution in [-0.2, 0) is 0 Å². The second kappa shape index (κ2) is 6.37. The molecule has 112 valence electrons. The lowest BCUT2D eigenvalue weighted by atomic mass is 9.89. The maximum absolute atomic E-state index is 13.2. The van der Waals surface area contributed by atoms with Crippen LogP contribution >= 0.6 is 11.6 Å². The van der Waals surface area contributed by atoms with Gasteiger partial charge in [-0.1, -0.05) is 32.4 Å². The van der Waals surface area contributed by atoms with Crippen LogP contribution in [0.3, 0.4) is 0 Å². The smallest absolute Gasteiger partial charge is 0.295 e. The van der Waals surface area contributed by atoms with Gasteiger partial charge in [0, 0.05) is 6.54 Å². The van der Waals surface area contributed by atoms with Crippen molar-refractivity contribution in [1.29, 1.82) is 0 Å². The van der Waals surface area contributed by atoms with Gasteiger partial charge in [-0.25, -0.2) is 4.39 Å². The van der Waals surface area contributed by atoms with Gasteiger partial charge in [-0.2, -0.15) is 0 Å². The van der Waals surface area contributed by atoms with E-state index in [0.717, 1.165) is 12.1 Å². The number of nitro benzene ring substituents is 1. The Balaban J connectivity index is 2.82. The minimum absolute atomic E-state index is 0.0620. The van der Waals surface area contributed by atoms with Gasteiger partial charge in [0.05, 0.1) is 22.1 Å². The largest absolute Gasteiger partial charge is 0.391 e. The Bertz CT molecular complexity index is 503. The number of anilines is 1. The fraction of sp³-hybridized carbons (Fsp3) is 0.538. The molecule has 0 radical (unpaired) electrons. The molecular weight excluding hydrogens is 287 g/mol.